The van der Waals surface area contributed by atoms with E-state index in [4.69, 9.17) is 4.98 Å². The highest BCUT2D eigenvalue weighted by molar-refractivity contribution is 5.90. The molecule has 6 heteroatoms. The summed E-state index contributed by atoms with van der Waals surface area (Å²) >= 11 is 0. The van der Waals surface area contributed by atoms with Crippen molar-refractivity contribution in [2.45, 2.75) is 95.2 Å². The van der Waals surface area contributed by atoms with Crippen molar-refractivity contribution in [2.24, 2.45) is 5.92 Å². The number of nitrogens with zero attached hydrogens (tertiary/aromatic N) is 2. The Labute approximate surface area is 221 Å². The molecule has 1 saturated heterocycles. The highest BCUT2D eigenvalue weighted by Gasteiger charge is 2.39. The van der Waals surface area contributed by atoms with Gasteiger partial charge in [0.2, 0.25) is 11.8 Å². The van der Waals surface area contributed by atoms with Crippen LogP contribution in [0.2, 0.25) is 0 Å². The van der Waals surface area contributed by atoms with Crippen molar-refractivity contribution < 1.29 is 9.59 Å². The first-order valence-corrected chi connectivity index (χ1v) is 14.4. The van der Waals surface area contributed by atoms with E-state index < -0.39 is 6.04 Å². The zero-order chi connectivity index (χ0) is 25.8. The second-order valence-corrected chi connectivity index (χ2v) is 11.2. The van der Waals surface area contributed by atoms with Crippen molar-refractivity contribution in [1.29, 1.82) is 0 Å². The number of rotatable bonds is 7. The maximum absolute atomic E-state index is 14.1. The number of carbonyl (C=O) groups excluding carboxylic acids is 2. The predicted molar refractivity (Wildman–Crippen MR) is 146 cm³/mol. The van der Waals surface area contributed by atoms with Crippen molar-refractivity contribution in [3.8, 4) is 0 Å². The molecule has 37 heavy (non-hydrogen) atoms. The quantitative estimate of drug-likeness (QED) is 0.566. The summed E-state index contributed by atoms with van der Waals surface area (Å²) in [6.45, 7) is 2.59. The smallest absolute Gasteiger partial charge is 0.245 e. The molecular weight excluding hydrogens is 460 g/mol. The Morgan fingerprint density at radius 2 is 1.76 bits per heavy atom. The molecule has 6 nitrogen and oxygen atoms in total. The minimum absolute atomic E-state index is 0.0216. The topological polar surface area (TPSA) is 74.3 Å². The van der Waals surface area contributed by atoms with Crippen molar-refractivity contribution in [3.05, 3.63) is 65.0 Å². The molecule has 5 rings (SSSR count). The number of nitrogens with one attached hydrogen (secondary N) is 2. The van der Waals surface area contributed by atoms with E-state index in [1.807, 2.05) is 18.0 Å². The molecule has 0 bridgehead atoms. The van der Waals surface area contributed by atoms with Gasteiger partial charge in [0, 0.05) is 24.4 Å². The van der Waals surface area contributed by atoms with Gasteiger partial charge in [0.15, 0.2) is 0 Å². The minimum Gasteiger partial charge on any atom is -0.343 e. The Morgan fingerprint density at radius 1 is 0.973 bits per heavy atom. The van der Waals surface area contributed by atoms with Gasteiger partial charge in [-0.1, -0.05) is 49.6 Å². The fourth-order valence-electron chi connectivity index (χ4n) is 6.69. The van der Waals surface area contributed by atoms with Crippen LogP contribution in [-0.4, -0.2) is 47.4 Å². The first kappa shape index (κ1) is 25.9. The van der Waals surface area contributed by atoms with Gasteiger partial charge in [-0.25, -0.2) is 0 Å². The first-order valence-electron chi connectivity index (χ1n) is 14.4. The van der Waals surface area contributed by atoms with Crippen LogP contribution in [-0.2, 0) is 16.0 Å². The van der Waals surface area contributed by atoms with Crippen LogP contribution in [0, 0.1) is 5.92 Å². The molecular formula is C31H42N4O2. The molecule has 1 saturated carbocycles. The zero-order valence-corrected chi connectivity index (χ0v) is 22.4. The molecule has 1 aromatic heterocycles. The van der Waals surface area contributed by atoms with E-state index in [0.29, 0.717) is 5.92 Å². The summed E-state index contributed by atoms with van der Waals surface area (Å²) in [7, 11) is 1.78. The van der Waals surface area contributed by atoms with E-state index in [0.717, 1.165) is 69.9 Å². The van der Waals surface area contributed by atoms with E-state index in [-0.39, 0.29) is 29.8 Å². The van der Waals surface area contributed by atoms with Crippen LogP contribution in [0.15, 0.2) is 42.6 Å². The van der Waals surface area contributed by atoms with Crippen LogP contribution in [0.1, 0.15) is 99.1 Å². The summed E-state index contributed by atoms with van der Waals surface area (Å²) in [5.74, 6) is 0.562. The number of likely N-dealkylation sites (N-methyl/N-ethyl adjacent to an activating group) is 1. The molecule has 2 amide bonds. The second kappa shape index (κ2) is 11.8. The number of likely N-dealkylation sites (tertiary alicyclic amines) is 1. The lowest BCUT2D eigenvalue weighted by molar-refractivity contribution is -0.139. The van der Waals surface area contributed by atoms with Gasteiger partial charge in [-0.2, -0.15) is 0 Å². The third-order valence-corrected chi connectivity index (χ3v) is 8.94. The Kier molecular flexibility index (Phi) is 8.23. The molecule has 198 valence electrons. The monoisotopic (exact) mass is 502 g/mol. The standard InChI is InChI=1S/C31H42N4O2/c1-21(32-2)30(36)34-29(23-13-7-4-8-14-23)31(37)35-18-10-17-28(35)24-19-26-25(22-11-5-3-6-12-22)15-9-16-27(26)33-20-24/h3,5-6,11-12,19-21,23,25,28-29,32H,4,7-10,13-18H2,1-2H3,(H,34,36)/t21?,25?,28-,29-/m0/s1. The van der Waals surface area contributed by atoms with E-state index in [9.17, 15) is 9.59 Å². The van der Waals surface area contributed by atoms with Gasteiger partial charge in [0.1, 0.15) is 6.04 Å². The Balaban J connectivity index is 1.41. The zero-order valence-electron chi connectivity index (χ0n) is 22.4. The molecule has 2 heterocycles. The van der Waals surface area contributed by atoms with Gasteiger partial charge in [-0.3, -0.25) is 14.6 Å². The first-order chi connectivity index (χ1) is 18.1. The molecule has 0 radical (unpaired) electrons. The molecule has 0 spiro atoms. The van der Waals surface area contributed by atoms with Crippen LogP contribution >= 0.6 is 0 Å². The fraction of sp³-hybridized carbons (Fsp3) is 0.581. The van der Waals surface area contributed by atoms with Crippen LogP contribution in [0.5, 0.6) is 0 Å². The van der Waals surface area contributed by atoms with Crippen molar-refractivity contribution >= 4 is 11.8 Å². The maximum atomic E-state index is 14.1. The Bertz CT molecular complexity index is 1080. The molecule has 1 aliphatic heterocycles. The van der Waals surface area contributed by atoms with Crippen LogP contribution in [0.3, 0.4) is 0 Å². The average molecular weight is 503 g/mol. The van der Waals surface area contributed by atoms with Crippen molar-refractivity contribution in [3.63, 3.8) is 0 Å². The number of aryl methyl sites for hydroxylation is 1. The van der Waals surface area contributed by atoms with E-state index >= 15 is 0 Å². The summed E-state index contributed by atoms with van der Waals surface area (Å²) in [4.78, 5) is 34.0. The highest BCUT2D eigenvalue weighted by atomic mass is 16.2. The molecule has 2 aliphatic carbocycles. The third kappa shape index (κ3) is 5.59. The molecule has 3 aliphatic rings. The summed E-state index contributed by atoms with van der Waals surface area (Å²) in [6.07, 6.45) is 12.7. The highest BCUT2D eigenvalue weighted by Crippen LogP contribution is 2.40. The predicted octanol–water partition coefficient (Wildman–Crippen LogP) is 4.89. The summed E-state index contributed by atoms with van der Waals surface area (Å²) < 4.78 is 0. The van der Waals surface area contributed by atoms with Crippen LogP contribution in [0.25, 0.3) is 0 Å². The van der Waals surface area contributed by atoms with Crippen LogP contribution in [0.4, 0.5) is 0 Å². The summed E-state index contributed by atoms with van der Waals surface area (Å²) in [5.41, 5.74) is 5.02. The number of aromatic nitrogens is 1. The van der Waals surface area contributed by atoms with Gasteiger partial charge >= 0.3 is 0 Å². The number of pyridine rings is 1. The SMILES string of the molecule is CNC(C)C(=O)N[C@H](C(=O)N1CCC[C@H]1c1cnc2c(c1)C(c1ccccc1)CCC2)C1CCCCC1. The second-order valence-electron chi connectivity index (χ2n) is 11.2. The largest absolute Gasteiger partial charge is 0.343 e. The molecule has 2 unspecified atom stereocenters. The van der Waals surface area contributed by atoms with E-state index in [1.165, 1.54) is 23.2 Å². The lowest BCUT2D eigenvalue weighted by atomic mass is 9.80. The van der Waals surface area contributed by atoms with Gasteiger partial charge in [-0.15, -0.1) is 0 Å². The Morgan fingerprint density at radius 3 is 2.51 bits per heavy atom. The molecule has 2 fully saturated rings. The lowest BCUT2D eigenvalue weighted by Crippen LogP contribution is -2.55. The van der Waals surface area contributed by atoms with Crippen molar-refractivity contribution in [2.75, 3.05) is 13.6 Å². The van der Waals surface area contributed by atoms with E-state index in [1.54, 1.807) is 7.05 Å². The summed E-state index contributed by atoms with van der Waals surface area (Å²) in [6, 6.07) is 12.3. The van der Waals surface area contributed by atoms with Gasteiger partial charge in [-0.05, 0) is 87.6 Å². The van der Waals surface area contributed by atoms with Gasteiger partial charge < -0.3 is 15.5 Å². The number of carbonyl (C=O) groups is 2. The van der Waals surface area contributed by atoms with Crippen molar-refractivity contribution in [1.82, 2.24) is 20.5 Å². The third-order valence-electron chi connectivity index (χ3n) is 8.94. The maximum Gasteiger partial charge on any atom is 0.245 e. The Hall–Kier alpha value is -2.73. The normalized spacial score (nSPS) is 23.8. The average Bonchev–Trinajstić information content (AvgIpc) is 3.45. The molecule has 4 atom stereocenters. The van der Waals surface area contributed by atoms with E-state index in [2.05, 4.69) is 47.0 Å². The number of hydrogen-bond donors (Lipinski definition) is 2. The minimum atomic E-state index is -0.452. The number of hydrogen-bond acceptors (Lipinski definition) is 4. The van der Waals surface area contributed by atoms with Crippen LogP contribution < -0.4 is 10.6 Å². The van der Waals surface area contributed by atoms with Gasteiger partial charge in [0.05, 0.1) is 12.1 Å². The fourth-order valence-corrected chi connectivity index (χ4v) is 6.69. The number of amides is 2. The number of fused-ring (bicyclic) bond motifs is 1. The molecule has 2 N–H and O–H groups in total. The molecule has 1 aromatic carbocycles. The van der Waals surface area contributed by atoms with Gasteiger partial charge in [0.25, 0.3) is 0 Å². The lowest BCUT2D eigenvalue weighted by Gasteiger charge is -2.36. The summed E-state index contributed by atoms with van der Waals surface area (Å²) in [5, 5.41) is 6.17. The number of benzene rings is 1. The molecule has 2 aromatic rings.